The fraction of sp³-hybridized carbons (Fsp3) is 0.463. The summed E-state index contributed by atoms with van der Waals surface area (Å²) in [5, 5.41) is 18.2. The molecule has 1 aliphatic rings. The molecule has 0 radical (unpaired) electrons. The average molecular weight is 697 g/mol. The minimum Gasteiger partial charge on any atom is -0.493 e. The average Bonchev–Trinajstić information content (AvgIpc) is 3.70. The molecule has 1 fully saturated rings. The number of carbonyl (C=O) groups excluding carboxylic acids is 1. The van der Waals surface area contributed by atoms with Gasteiger partial charge in [-0.2, -0.15) is 5.10 Å². The Hall–Kier alpha value is -4.22. The van der Waals surface area contributed by atoms with Crippen LogP contribution in [0, 0.1) is 6.92 Å². The van der Waals surface area contributed by atoms with Crippen LogP contribution in [0.1, 0.15) is 74.4 Å². The molecule has 1 aliphatic heterocycles. The Morgan fingerprint density at radius 3 is 2.53 bits per heavy atom. The lowest BCUT2D eigenvalue weighted by atomic mass is 9.98. The predicted molar refractivity (Wildman–Crippen MR) is 200 cm³/mol. The van der Waals surface area contributed by atoms with E-state index in [1.54, 1.807) is 4.68 Å². The number of hydrogen-bond acceptors (Lipinski definition) is 8. The Bertz CT molecular complexity index is 1980. The largest absolute Gasteiger partial charge is 0.493 e. The van der Waals surface area contributed by atoms with Gasteiger partial charge in [0.1, 0.15) is 11.4 Å². The number of aromatic nitrogens is 3. The van der Waals surface area contributed by atoms with E-state index in [-0.39, 0.29) is 37.3 Å². The number of rotatable bonds is 16. The number of para-hydroxylation sites is 1. The van der Waals surface area contributed by atoms with Crippen molar-refractivity contribution in [2.75, 3.05) is 26.8 Å². The van der Waals surface area contributed by atoms with Crippen LogP contribution in [0.2, 0.25) is 0 Å². The van der Waals surface area contributed by atoms with E-state index >= 15 is 0 Å². The minimum absolute atomic E-state index is 0.0496. The van der Waals surface area contributed by atoms with Crippen molar-refractivity contribution >= 4 is 27.6 Å². The molecule has 3 aromatic carbocycles. The molecule has 1 saturated heterocycles. The molecule has 10 nitrogen and oxygen atoms in total. The standard InChI is InChI=1S/C41H52N4O6/c1-8-48-39(47)37-31(21-15-25-49-34-22-13-17-28-16-9-10-18-29(28)34)30-19-14-20-32(35-27(2)44(7)42-33(35)26-46)36(30)45(37)24-12-11-23-43(6)38-40(50-38)51-41(3,4)5/h9-10,13-14,16-20,22,38,40,46H,8,11-12,15,21,23-26H2,1-7H3. The maximum atomic E-state index is 13.9. The molecule has 2 atom stereocenters. The second-order valence-corrected chi connectivity index (χ2v) is 14.3. The van der Waals surface area contributed by atoms with Crippen molar-refractivity contribution in [2.24, 2.45) is 7.05 Å². The first-order valence-electron chi connectivity index (χ1n) is 18.1. The van der Waals surface area contributed by atoms with Gasteiger partial charge in [0.15, 0.2) is 12.5 Å². The van der Waals surface area contributed by atoms with Gasteiger partial charge in [0, 0.05) is 47.7 Å². The Balaban J connectivity index is 1.31. The molecule has 0 amide bonds. The number of aliphatic hydroxyl groups excluding tert-OH is 1. The number of unbranched alkanes of at least 4 members (excludes halogenated alkanes) is 1. The highest BCUT2D eigenvalue weighted by molar-refractivity contribution is 6.05. The fourth-order valence-corrected chi connectivity index (χ4v) is 7.08. The van der Waals surface area contributed by atoms with Crippen molar-refractivity contribution < 1.29 is 28.8 Å². The van der Waals surface area contributed by atoms with Crippen molar-refractivity contribution in [2.45, 2.75) is 91.6 Å². The number of carbonyl (C=O) groups is 1. The van der Waals surface area contributed by atoms with E-state index in [1.165, 1.54) is 0 Å². The summed E-state index contributed by atoms with van der Waals surface area (Å²) >= 11 is 0. The molecule has 51 heavy (non-hydrogen) atoms. The smallest absolute Gasteiger partial charge is 0.355 e. The fourth-order valence-electron chi connectivity index (χ4n) is 7.08. The number of benzene rings is 3. The number of nitrogens with zero attached hydrogens (tertiary/aromatic N) is 4. The highest BCUT2D eigenvalue weighted by Gasteiger charge is 2.45. The Morgan fingerprint density at radius 2 is 1.76 bits per heavy atom. The number of aliphatic hydroxyl groups is 1. The molecule has 10 heteroatoms. The zero-order valence-corrected chi connectivity index (χ0v) is 31.1. The number of hydrogen-bond donors (Lipinski definition) is 1. The van der Waals surface area contributed by atoms with E-state index in [2.05, 4.69) is 51.9 Å². The van der Waals surface area contributed by atoms with Gasteiger partial charge in [0.25, 0.3) is 0 Å². The maximum absolute atomic E-state index is 13.9. The van der Waals surface area contributed by atoms with Crippen LogP contribution in [0.15, 0.2) is 60.7 Å². The minimum atomic E-state index is -0.333. The van der Waals surface area contributed by atoms with Crippen LogP contribution in [-0.2, 0) is 40.8 Å². The lowest BCUT2D eigenvalue weighted by molar-refractivity contribution is -0.0576. The topological polar surface area (TPSA) is 104 Å². The van der Waals surface area contributed by atoms with Crippen LogP contribution in [0.3, 0.4) is 0 Å². The van der Waals surface area contributed by atoms with E-state index in [9.17, 15) is 9.90 Å². The maximum Gasteiger partial charge on any atom is 0.355 e. The number of esters is 1. The summed E-state index contributed by atoms with van der Waals surface area (Å²) in [5.41, 5.74) is 5.60. The number of epoxide rings is 1. The second kappa shape index (κ2) is 15.6. The van der Waals surface area contributed by atoms with Gasteiger partial charge in [0.05, 0.1) is 36.6 Å². The van der Waals surface area contributed by atoms with Crippen LogP contribution in [0.4, 0.5) is 0 Å². The van der Waals surface area contributed by atoms with Crippen molar-refractivity contribution in [3.63, 3.8) is 0 Å². The van der Waals surface area contributed by atoms with Gasteiger partial charge < -0.3 is 28.6 Å². The first-order valence-corrected chi connectivity index (χ1v) is 18.1. The molecular weight excluding hydrogens is 644 g/mol. The number of ether oxygens (including phenoxy) is 4. The molecule has 0 saturated carbocycles. The molecule has 0 spiro atoms. The van der Waals surface area contributed by atoms with Crippen molar-refractivity contribution in [1.29, 1.82) is 0 Å². The first kappa shape index (κ1) is 36.6. The summed E-state index contributed by atoms with van der Waals surface area (Å²) in [5.74, 6) is 0.519. The lowest BCUT2D eigenvalue weighted by Gasteiger charge is -2.19. The Labute approximate surface area is 300 Å². The van der Waals surface area contributed by atoms with E-state index in [0.29, 0.717) is 37.4 Å². The van der Waals surface area contributed by atoms with E-state index in [0.717, 1.165) is 69.2 Å². The van der Waals surface area contributed by atoms with Gasteiger partial charge in [-0.25, -0.2) is 4.79 Å². The highest BCUT2D eigenvalue weighted by Crippen LogP contribution is 2.39. The molecule has 5 aromatic rings. The summed E-state index contributed by atoms with van der Waals surface area (Å²) < 4.78 is 27.8. The Morgan fingerprint density at radius 1 is 1.02 bits per heavy atom. The molecule has 0 aliphatic carbocycles. The third-order valence-corrected chi connectivity index (χ3v) is 9.54. The molecule has 2 unspecified atom stereocenters. The molecule has 272 valence electrons. The zero-order chi connectivity index (χ0) is 36.3. The Kier molecular flexibility index (Phi) is 11.2. The number of likely N-dealkylation sites (N-methyl/N-ethyl adjacent to an activating group) is 1. The lowest BCUT2D eigenvalue weighted by Crippen LogP contribution is -2.29. The highest BCUT2D eigenvalue weighted by atomic mass is 16.8. The first-order chi connectivity index (χ1) is 24.5. The van der Waals surface area contributed by atoms with Gasteiger partial charge >= 0.3 is 5.97 Å². The summed E-state index contributed by atoms with van der Waals surface area (Å²) in [6.45, 7) is 12.0. The van der Waals surface area contributed by atoms with Crippen molar-refractivity contribution in [3.05, 3.63) is 83.3 Å². The van der Waals surface area contributed by atoms with Crippen molar-refractivity contribution in [1.82, 2.24) is 19.2 Å². The van der Waals surface area contributed by atoms with Gasteiger partial charge in [-0.1, -0.05) is 54.6 Å². The molecule has 2 aromatic heterocycles. The van der Waals surface area contributed by atoms with Crippen LogP contribution < -0.4 is 4.74 Å². The van der Waals surface area contributed by atoms with E-state index in [1.807, 2.05) is 72.0 Å². The van der Waals surface area contributed by atoms with Crippen LogP contribution >= 0.6 is 0 Å². The zero-order valence-electron chi connectivity index (χ0n) is 31.1. The van der Waals surface area contributed by atoms with Crippen LogP contribution in [0.5, 0.6) is 5.75 Å². The summed E-state index contributed by atoms with van der Waals surface area (Å²) in [6, 6.07) is 20.5. The number of aryl methyl sites for hydroxylation is 3. The van der Waals surface area contributed by atoms with Crippen LogP contribution in [-0.4, -0.2) is 75.2 Å². The molecule has 3 heterocycles. The molecule has 6 rings (SSSR count). The third-order valence-electron chi connectivity index (χ3n) is 9.54. The number of fused-ring (bicyclic) bond motifs is 2. The van der Waals surface area contributed by atoms with Gasteiger partial charge in [-0.05, 0) is 84.4 Å². The second-order valence-electron chi connectivity index (χ2n) is 14.3. The van der Waals surface area contributed by atoms with E-state index in [4.69, 9.17) is 18.9 Å². The quantitative estimate of drug-likeness (QED) is 0.0647. The van der Waals surface area contributed by atoms with Crippen LogP contribution in [0.25, 0.3) is 32.8 Å². The molecular formula is C41H52N4O6. The van der Waals surface area contributed by atoms with Gasteiger partial charge in [-0.3, -0.25) is 9.58 Å². The SMILES string of the molecule is CCOC(=O)c1c(CCCOc2cccc3ccccc23)c2cccc(-c3c(CO)nn(C)c3C)c2n1CCCCN(C)C1OC1OC(C)(C)C. The third kappa shape index (κ3) is 7.99. The van der Waals surface area contributed by atoms with E-state index < -0.39 is 0 Å². The van der Waals surface area contributed by atoms with Gasteiger partial charge in [-0.15, -0.1) is 0 Å². The monoisotopic (exact) mass is 696 g/mol. The normalized spacial score (nSPS) is 16.0. The summed E-state index contributed by atoms with van der Waals surface area (Å²) in [4.78, 5) is 16.1. The predicted octanol–water partition coefficient (Wildman–Crippen LogP) is 7.39. The summed E-state index contributed by atoms with van der Waals surface area (Å²) in [7, 11) is 3.95. The van der Waals surface area contributed by atoms with Gasteiger partial charge in [0.2, 0.25) is 0 Å². The molecule has 0 bridgehead atoms. The van der Waals surface area contributed by atoms with Crippen molar-refractivity contribution in [3.8, 4) is 16.9 Å². The molecule has 1 N–H and O–H groups in total. The summed E-state index contributed by atoms with van der Waals surface area (Å²) in [6.07, 6.45) is 2.79.